The molecule has 2 atom stereocenters. The fourth-order valence-electron chi connectivity index (χ4n) is 3.96. The van der Waals surface area contributed by atoms with E-state index >= 15 is 0 Å². The Morgan fingerprint density at radius 3 is 2.85 bits per heavy atom. The predicted molar refractivity (Wildman–Crippen MR) is 93.6 cm³/mol. The van der Waals surface area contributed by atoms with Crippen LogP contribution in [-0.2, 0) is 21.5 Å². The van der Waals surface area contributed by atoms with Crippen molar-refractivity contribution in [3.8, 4) is 5.75 Å². The zero-order chi connectivity index (χ0) is 18.5. The monoisotopic (exact) mass is 357 g/mol. The third-order valence-electron chi connectivity index (χ3n) is 5.58. The van der Waals surface area contributed by atoms with E-state index < -0.39 is 17.6 Å². The number of hydrogen-bond acceptors (Lipinski definition) is 4. The lowest BCUT2D eigenvalue weighted by Crippen LogP contribution is -2.50. The van der Waals surface area contributed by atoms with Crippen molar-refractivity contribution in [2.24, 2.45) is 0 Å². The summed E-state index contributed by atoms with van der Waals surface area (Å²) in [5.41, 5.74) is 0.729. The van der Waals surface area contributed by atoms with E-state index in [1.165, 1.54) is 0 Å². The molecule has 7 heteroatoms. The summed E-state index contributed by atoms with van der Waals surface area (Å²) in [5, 5.41) is 5.75. The number of imide groups is 1. The summed E-state index contributed by atoms with van der Waals surface area (Å²) in [5.74, 6) is 0.109. The van der Waals surface area contributed by atoms with Crippen LogP contribution in [0.15, 0.2) is 18.2 Å². The average Bonchev–Trinajstić information content (AvgIpc) is 3.41. The average molecular weight is 357 g/mol. The number of ether oxygens (including phenoxy) is 1. The number of nitrogens with one attached hydrogen (secondary N) is 2. The number of aryl methyl sites for hydroxylation is 1. The van der Waals surface area contributed by atoms with E-state index in [-0.39, 0.29) is 17.9 Å². The molecule has 0 aromatic heterocycles. The highest BCUT2D eigenvalue weighted by Gasteiger charge is 2.56. The van der Waals surface area contributed by atoms with E-state index in [2.05, 4.69) is 10.6 Å². The number of fused-ring (bicyclic) bond motifs is 2. The standard InChI is InChI=1S/C19H23N3O4/c1-11(16(23)20-13-5-6-13)22-17(24)19(21-18(22)25)9-3-4-12-10-14(26-2)7-8-15(12)19/h7-8,10-11,13H,3-6,9H2,1-2H3,(H,20,23)(H,21,25)/t11-,19-/m1/s1. The number of carbonyl (C=O) groups is 3. The van der Waals surface area contributed by atoms with Crippen LogP contribution < -0.4 is 15.4 Å². The highest BCUT2D eigenvalue weighted by Crippen LogP contribution is 2.41. The first kappa shape index (κ1) is 16.9. The van der Waals surface area contributed by atoms with Crippen LogP contribution in [0.2, 0.25) is 0 Å². The molecule has 7 nitrogen and oxygen atoms in total. The Bertz CT molecular complexity index is 789. The summed E-state index contributed by atoms with van der Waals surface area (Å²) in [7, 11) is 1.60. The molecular weight excluding hydrogens is 334 g/mol. The van der Waals surface area contributed by atoms with Gasteiger partial charge >= 0.3 is 6.03 Å². The van der Waals surface area contributed by atoms with Crippen LogP contribution >= 0.6 is 0 Å². The zero-order valence-corrected chi connectivity index (χ0v) is 15.0. The molecule has 3 aliphatic rings. The number of hydrogen-bond donors (Lipinski definition) is 2. The number of urea groups is 1. The van der Waals surface area contributed by atoms with Crippen molar-refractivity contribution >= 4 is 17.8 Å². The molecule has 138 valence electrons. The van der Waals surface area contributed by atoms with E-state index in [1.807, 2.05) is 12.1 Å². The normalized spacial score (nSPS) is 25.7. The minimum absolute atomic E-state index is 0.183. The quantitative estimate of drug-likeness (QED) is 0.799. The van der Waals surface area contributed by atoms with Gasteiger partial charge < -0.3 is 15.4 Å². The van der Waals surface area contributed by atoms with Gasteiger partial charge in [0.2, 0.25) is 5.91 Å². The summed E-state index contributed by atoms with van der Waals surface area (Å²) in [6.07, 6.45) is 4.05. The van der Waals surface area contributed by atoms with Crippen molar-refractivity contribution in [2.45, 2.75) is 56.7 Å². The third kappa shape index (κ3) is 2.53. The smallest absolute Gasteiger partial charge is 0.326 e. The fourth-order valence-corrected chi connectivity index (χ4v) is 3.96. The highest BCUT2D eigenvalue weighted by atomic mass is 16.5. The van der Waals surface area contributed by atoms with Crippen LogP contribution in [0.5, 0.6) is 5.75 Å². The van der Waals surface area contributed by atoms with E-state index in [0.29, 0.717) is 6.42 Å². The molecule has 2 N–H and O–H groups in total. The number of carbonyl (C=O) groups excluding carboxylic acids is 3. The number of rotatable bonds is 4. The van der Waals surface area contributed by atoms with Crippen LogP contribution in [0, 0.1) is 0 Å². The first-order valence-electron chi connectivity index (χ1n) is 9.10. The highest BCUT2D eigenvalue weighted by molar-refractivity contribution is 6.10. The Morgan fingerprint density at radius 2 is 2.15 bits per heavy atom. The Kier molecular flexibility index (Phi) is 3.89. The molecule has 1 saturated carbocycles. The summed E-state index contributed by atoms with van der Waals surface area (Å²) in [6, 6.07) is 4.42. The van der Waals surface area contributed by atoms with E-state index in [1.54, 1.807) is 20.1 Å². The lowest BCUT2D eigenvalue weighted by atomic mass is 9.76. The van der Waals surface area contributed by atoms with Gasteiger partial charge in [-0.2, -0.15) is 0 Å². The molecule has 0 radical (unpaired) electrons. The Balaban J connectivity index is 1.66. The predicted octanol–water partition coefficient (Wildman–Crippen LogP) is 1.45. The molecule has 2 fully saturated rings. The van der Waals surface area contributed by atoms with Crippen molar-refractivity contribution in [3.63, 3.8) is 0 Å². The maximum Gasteiger partial charge on any atom is 0.326 e. The number of amides is 4. The fraction of sp³-hybridized carbons (Fsp3) is 0.526. The maximum absolute atomic E-state index is 13.3. The molecule has 4 amide bonds. The van der Waals surface area contributed by atoms with Gasteiger partial charge in [-0.05, 0) is 62.3 Å². The molecule has 1 aromatic rings. The van der Waals surface area contributed by atoms with Crippen molar-refractivity contribution in [3.05, 3.63) is 29.3 Å². The van der Waals surface area contributed by atoms with Gasteiger partial charge in [0, 0.05) is 6.04 Å². The SMILES string of the molecule is COc1ccc2c(c1)CCC[C@@]21NC(=O)N([C@H](C)C(=O)NC2CC2)C1=O. The number of methoxy groups -OCH3 is 1. The molecule has 0 bridgehead atoms. The zero-order valence-electron chi connectivity index (χ0n) is 15.0. The molecule has 2 aliphatic carbocycles. The molecule has 1 aromatic carbocycles. The second-order valence-electron chi connectivity index (χ2n) is 7.35. The van der Waals surface area contributed by atoms with Crippen molar-refractivity contribution in [2.75, 3.05) is 7.11 Å². The second-order valence-corrected chi connectivity index (χ2v) is 7.35. The van der Waals surface area contributed by atoms with Crippen LogP contribution in [0.3, 0.4) is 0 Å². The summed E-state index contributed by atoms with van der Waals surface area (Å²) in [6.45, 7) is 1.60. The van der Waals surface area contributed by atoms with Crippen LogP contribution in [0.25, 0.3) is 0 Å². The van der Waals surface area contributed by atoms with Crippen molar-refractivity contribution < 1.29 is 19.1 Å². The van der Waals surface area contributed by atoms with Gasteiger partial charge in [0.1, 0.15) is 17.3 Å². The largest absolute Gasteiger partial charge is 0.497 e. The second kappa shape index (κ2) is 6.00. The van der Waals surface area contributed by atoms with Crippen LogP contribution in [-0.4, -0.2) is 41.9 Å². The molecule has 0 unspecified atom stereocenters. The summed E-state index contributed by atoms with van der Waals surface area (Å²) in [4.78, 5) is 39.4. The van der Waals surface area contributed by atoms with Gasteiger partial charge in [0.25, 0.3) is 5.91 Å². The maximum atomic E-state index is 13.3. The van der Waals surface area contributed by atoms with Crippen molar-refractivity contribution in [1.82, 2.24) is 15.5 Å². The van der Waals surface area contributed by atoms with E-state index in [9.17, 15) is 14.4 Å². The summed E-state index contributed by atoms with van der Waals surface area (Å²) < 4.78 is 5.28. The minimum Gasteiger partial charge on any atom is -0.497 e. The van der Waals surface area contributed by atoms with Gasteiger partial charge in [-0.1, -0.05) is 6.07 Å². The first-order chi connectivity index (χ1) is 12.5. The molecule has 4 rings (SSSR count). The lowest BCUT2D eigenvalue weighted by molar-refractivity contribution is -0.138. The van der Waals surface area contributed by atoms with Gasteiger partial charge in [0.15, 0.2) is 0 Å². The number of nitrogens with zero attached hydrogens (tertiary/aromatic N) is 1. The Morgan fingerprint density at radius 1 is 1.38 bits per heavy atom. The molecule has 1 spiro atoms. The van der Waals surface area contributed by atoms with Gasteiger partial charge in [-0.25, -0.2) is 9.69 Å². The van der Waals surface area contributed by atoms with Crippen molar-refractivity contribution in [1.29, 1.82) is 0 Å². The molecule has 1 heterocycles. The molecule has 1 aliphatic heterocycles. The van der Waals surface area contributed by atoms with E-state index in [4.69, 9.17) is 4.74 Å². The van der Waals surface area contributed by atoms with Crippen LogP contribution in [0.4, 0.5) is 4.79 Å². The van der Waals surface area contributed by atoms with Gasteiger partial charge in [0.05, 0.1) is 7.11 Å². The minimum atomic E-state index is -1.08. The van der Waals surface area contributed by atoms with Crippen LogP contribution in [0.1, 0.15) is 43.7 Å². The number of benzene rings is 1. The van der Waals surface area contributed by atoms with Gasteiger partial charge in [-0.15, -0.1) is 0 Å². The Labute approximate surface area is 152 Å². The molecular formula is C19H23N3O4. The third-order valence-corrected chi connectivity index (χ3v) is 5.58. The topological polar surface area (TPSA) is 87.7 Å². The van der Waals surface area contributed by atoms with Gasteiger partial charge in [-0.3, -0.25) is 9.59 Å². The first-order valence-corrected chi connectivity index (χ1v) is 9.10. The van der Waals surface area contributed by atoms with E-state index in [0.717, 1.165) is 47.5 Å². The summed E-state index contributed by atoms with van der Waals surface area (Å²) >= 11 is 0. The molecule has 1 saturated heterocycles. The Hall–Kier alpha value is -2.57. The molecule has 26 heavy (non-hydrogen) atoms. The lowest BCUT2D eigenvalue weighted by Gasteiger charge is -2.34.